The lowest BCUT2D eigenvalue weighted by Crippen LogP contribution is -2.05. The molecule has 0 spiro atoms. The Morgan fingerprint density at radius 1 is 0.556 bits per heavy atom. The van der Waals surface area contributed by atoms with Crippen LogP contribution < -0.4 is 0 Å². The van der Waals surface area contributed by atoms with Gasteiger partial charge in [0.2, 0.25) is 0 Å². The number of esters is 1. The molecular weight excluding hydrogens is 332 g/mol. The molecule has 0 unspecified atom stereocenters. The van der Waals surface area contributed by atoms with E-state index in [1.165, 1.54) is 89.9 Å². The number of hydrogen-bond acceptors (Lipinski definition) is 2. The molecule has 0 saturated heterocycles. The highest BCUT2D eigenvalue weighted by Crippen LogP contribution is 2.14. The predicted molar refractivity (Wildman–Crippen MR) is 119 cm³/mol. The maximum atomic E-state index is 11.7. The first-order valence-corrected chi connectivity index (χ1v) is 12.2. The second-order valence-electron chi connectivity index (χ2n) is 9.29. The molecule has 0 aliphatic rings. The summed E-state index contributed by atoms with van der Waals surface area (Å²) in [5, 5.41) is 0. The Morgan fingerprint density at radius 2 is 0.926 bits per heavy atom. The fourth-order valence-electron chi connectivity index (χ4n) is 3.50. The van der Waals surface area contributed by atoms with Crippen molar-refractivity contribution in [3.05, 3.63) is 0 Å². The molecule has 0 amide bonds. The van der Waals surface area contributed by atoms with Crippen LogP contribution in [0.15, 0.2) is 0 Å². The van der Waals surface area contributed by atoms with Crippen LogP contribution in [0.3, 0.4) is 0 Å². The quantitative estimate of drug-likeness (QED) is 0.156. The molecular formula is C25H50O2. The molecule has 162 valence electrons. The molecule has 0 aromatic rings. The molecule has 0 N–H and O–H groups in total. The number of hydrogen-bond donors (Lipinski definition) is 0. The largest absolute Gasteiger partial charge is 0.466 e. The fourth-order valence-corrected chi connectivity index (χ4v) is 3.50. The Hall–Kier alpha value is -0.530. The molecule has 0 aromatic heterocycles. The Labute approximate surface area is 171 Å². The van der Waals surface area contributed by atoms with Crippen LogP contribution in [0.1, 0.15) is 137 Å². The van der Waals surface area contributed by atoms with Gasteiger partial charge in [-0.05, 0) is 24.7 Å². The summed E-state index contributed by atoms with van der Waals surface area (Å²) in [7, 11) is 0. The summed E-state index contributed by atoms with van der Waals surface area (Å²) in [6.07, 6.45) is 21.2. The fraction of sp³-hybridized carbons (Fsp3) is 0.960. The number of rotatable bonds is 20. The minimum atomic E-state index is 0.0145. The van der Waals surface area contributed by atoms with Gasteiger partial charge in [0.1, 0.15) is 0 Å². The molecule has 27 heavy (non-hydrogen) atoms. The van der Waals surface area contributed by atoms with Crippen molar-refractivity contribution in [1.29, 1.82) is 0 Å². The minimum absolute atomic E-state index is 0.0145. The SMILES string of the molecule is CC(C)CCCCCCCCCCC(=O)OCCCCCCCCC(C)C. The third kappa shape index (κ3) is 23.4. The Balaban J connectivity index is 3.18. The molecule has 0 aliphatic heterocycles. The van der Waals surface area contributed by atoms with Crippen molar-refractivity contribution in [3.63, 3.8) is 0 Å². The zero-order valence-corrected chi connectivity index (χ0v) is 19.2. The van der Waals surface area contributed by atoms with E-state index < -0.39 is 0 Å². The van der Waals surface area contributed by atoms with E-state index in [0.717, 1.165) is 24.7 Å². The number of carbonyl (C=O) groups excluding carboxylic acids is 1. The molecule has 0 fully saturated rings. The average Bonchev–Trinajstić information content (AvgIpc) is 2.61. The van der Waals surface area contributed by atoms with E-state index in [-0.39, 0.29) is 5.97 Å². The second kappa shape index (κ2) is 20.2. The standard InChI is InChI=1S/C25H50O2/c1-23(2)19-15-11-7-5-6-8-13-17-21-25(26)27-22-18-14-10-9-12-16-20-24(3)4/h23-24H,5-22H2,1-4H3. The van der Waals surface area contributed by atoms with Gasteiger partial charge < -0.3 is 4.74 Å². The van der Waals surface area contributed by atoms with E-state index in [2.05, 4.69) is 27.7 Å². The van der Waals surface area contributed by atoms with Crippen LogP contribution in [-0.2, 0) is 9.53 Å². The molecule has 2 heteroatoms. The lowest BCUT2D eigenvalue weighted by molar-refractivity contribution is -0.143. The lowest BCUT2D eigenvalue weighted by Gasteiger charge is -2.06. The van der Waals surface area contributed by atoms with Gasteiger partial charge in [0.25, 0.3) is 0 Å². The highest BCUT2D eigenvalue weighted by atomic mass is 16.5. The maximum Gasteiger partial charge on any atom is 0.305 e. The van der Waals surface area contributed by atoms with Crippen molar-refractivity contribution in [1.82, 2.24) is 0 Å². The van der Waals surface area contributed by atoms with E-state index in [1.54, 1.807) is 0 Å². The summed E-state index contributed by atoms with van der Waals surface area (Å²) in [5.74, 6) is 1.70. The van der Waals surface area contributed by atoms with Gasteiger partial charge in [0.05, 0.1) is 6.61 Å². The zero-order chi connectivity index (χ0) is 20.2. The third-order valence-corrected chi connectivity index (χ3v) is 5.35. The maximum absolute atomic E-state index is 11.7. The van der Waals surface area contributed by atoms with E-state index >= 15 is 0 Å². The smallest absolute Gasteiger partial charge is 0.305 e. The highest BCUT2D eigenvalue weighted by Gasteiger charge is 2.03. The van der Waals surface area contributed by atoms with Crippen LogP contribution in [0.2, 0.25) is 0 Å². The van der Waals surface area contributed by atoms with Crippen molar-refractivity contribution in [3.8, 4) is 0 Å². The van der Waals surface area contributed by atoms with Gasteiger partial charge in [0, 0.05) is 6.42 Å². The summed E-state index contributed by atoms with van der Waals surface area (Å²) in [6, 6.07) is 0. The van der Waals surface area contributed by atoms with Crippen molar-refractivity contribution in [2.45, 2.75) is 137 Å². The molecule has 0 aliphatic carbocycles. The lowest BCUT2D eigenvalue weighted by atomic mass is 10.0. The Morgan fingerprint density at radius 3 is 1.37 bits per heavy atom. The minimum Gasteiger partial charge on any atom is -0.466 e. The average molecular weight is 383 g/mol. The van der Waals surface area contributed by atoms with Crippen LogP contribution in [0.25, 0.3) is 0 Å². The summed E-state index contributed by atoms with van der Waals surface area (Å²) >= 11 is 0. The molecule has 0 rings (SSSR count). The molecule has 2 nitrogen and oxygen atoms in total. The predicted octanol–water partition coefficient (Wildman–Crippen LogP) is 8.47. The van der Waals surface area contributed by atoms with Gasteiger partial charge in [-0.3, -0.25) is 4.79 Å². The first-order chi connectivity index (χ1) is 13.0. The number of ether oxygens (including phenoxy) is 1. The number of carbonyl (C=O) groups is 1. The van der Waals surface area contributed by atoms with Crippen LogP contribution in [-0.4, -0.2) is 12.6 Å². The third-order valence-electron chi connectivity index (χ3n) is 5.35. The van der Waals surface area contributed by atoms with Gasteiger partial charge in [-0.2, -0.15) is 0 Å². The van der Waals surface area contributed by atoms with Crippen molar-refractivity contribution in [2.75, 3.05) is 6.61 Å². The van der Waals surface area contributed by atoms with Gasteiger partial charge in [-0.1, -0.05) is 118 Å². The molecule has 0 atom stereocenters. The van der Waals surface area contributed by atoms with Gasteiger partial charge in [-0.25, -0.2) is 0 Å². The van der Waals surface area contributed by atoms with E-state index in [4.69, 9.17) is 4.74 Å². The van der Waals surface area contributed by atoms with Crippen molar-refractivity contribution >= 4 is 5.97 Å². The topological polar surface area (TPSA) is 26.3 Å². The van der Waals surface area contributed by atoms with Crippen molar-refractivity contribution in [2.24, 2.45) is 11.8 Å². The summed E-state index contributed by atoms with van der Waals surface area (Å²) in [6.45, 7) is 9.83. The van der Waals surface area contributed by atoms with Gasteiger partial charge in [0.15, 0.2) is 0 Å². The number of unbranched alkanes of at least 4 members (excludes halogenated alkanes) is 12. The van der Waals surface area contributed by atoms with E-state index in [1.807, 2.05) is 0 Å². The van der Waals surface area contributed by atoms with E-state index in [9.17, 15) is 4.79 Å². The summed E-state index contributed by atoms with van der Waals surface area (Å²) in [5.41, 5.74) is 0. The molecule has 0 bridgehead atoms. The normalized spacial score (nSPS) is 11.5. The van der Waals surface area contributed by atoms with Crippen LogP contribution >= 0.6 is 0 Å². The Kier molecular flexibility index (Phi) is 19.8. The van der Waals surface area contributed by atoms with Crippen molar-refractivity contribution < 1.29 is 9.53 Å². The van der Waals surface area contributed by atoms with E-state index in [0.29, 0.717) is 13.0 Å². The van der Waals surface area contributed by atoms with Gasteiger partial charge in [-0.15, -0.1) is 0 Å². The molecule has 0 heterocycles. The molecule has 0 radical (unpaired) electrons. The first kappa shape index (κ1) is 26.5. The van der Waals surface area contributed by atoms with Crippen LogP contribution in [0, 0.1) is 11.8 Å². The highest BCUT2D eigenvalue weighted by molar-refractivity contribution is 5.69. The van der Waals surface area contributed by atoms with Crippen LogP contribution in [0.5, 0.6) is 0 Å². The first-order valence-electron chi connectivity index (χ1n) is 12.2. The Bertz CT molecular complexity index is 309. The molecule has 0 aromatic carbocycles. The van der Waals surface area contributed by atoms with Gasteiger partial charge >= 0.3 is 5.97 Å². The van der Waals surface area contributed by atoms with Crippen LogP contribution in [0.4, 0.5) is 0 Å². The second-order valence-corrected chi connectivity index (χ2v) is 9.29. The molecule has 0 saturated carbocycles. The zero-order valence-electron chi connectivity index (χ0n) is 19.2. The summed E-state index contributed by atoms with van der Waals surface area (Å²) < 4.78 is 5.35. The summed E-state index contributed by atoms with van der Waals surface area (Å²) in [4.78, 5) is 11.7. The monoisotopic (exact) mass is 382 g/mol.